The normalized spacial score (nSPS) is 11.2. The second kappa shape index (κ2) is 38.5. The molecule has 10 heterocycles. The Morgan fingerprint density at radius 3 is 0.817 bits per heavy atom. The van der Waals surface area contributed by atoms with Crippen molar-refractivity contribution in [3.8, 4) is 180 Å². The summed E-state index contributed by atoms with van der Waals surface area (Å²) in [5.74, 6) is 1.78. The summed E-state index contributed by atoms with van der Waals surface area (Å²) in [5, 5.41) is 11.9. The zero-order valence-electron chi connectivity index (χ0n) is 76.9. The van der Waals surface area contributed by atoms with Gasteiger partial charge in [-0.2, -0.15) is 0 Å². The maximum Gasteiger partial charge on any atom is 0.164 e. The van der Waals surface area contributed by atoms with Crippen molar-refractivity contribution in [1.29, 1.82) is 0 Å². The van der Waals surface area contributed by atoms with Gasteiger partial charge in [0.05, 0.1) is 61.9 Å². The van der Waals surface area contributed by atoms with Crippen molar-refractivity contribution in [3.63, 3.8) is 0 Å². The Hall–Kier alpha value is -19.3. The van der Waals surface area contributed by atoms with Gasteiger partial charge in [0.15, 0.2) is 17.5 Å². The van der Waals surface area contributed by atoms with Crippen molar-refractivity contribution in [3.05, 3.63) is 510 Å². The number of hydrogen-bond donors (Lipinski definition) is 0. The maximum absolute atomic E-state index is 5.14. The van der Waals surface area contributed by atoms with Crippen LogP contribution < -0.4 is 0 Å². The number of rotatable bonds is 16. The molecule has 0 N–H and O–H groups in total. The number of para-hydroxylation sites is 1. The van der Waals surface area contributed by atoms with Crippen LogP contribution in [0.25, 0.3) is 256 Å². The standard InChI is InChI=1S/C46H30N4.C44H28N6.C40H26N2/c1-2-12-34(13-3-1)43-30-39(46-38-16-5-4-11-33(38)23-24-42(46)49-43)36-15-10-14-35(27-36)31-19-21-32(22-20-31)37-28-44(40-17-6-8-25-47-40)50-45(29-37)41-18-7-9-26-48-41;1-2-8-31(9-3-1)40-28-38(41-37-12-5-4-7-30(37)17-18-39(41)47-40)36-11-6-10-35(27-36)29-13-15-32(16-14-29)42-48-43(33-19-23-45-24-20-33)50-44(49-42)34-21-25-46-26-22-34;1-2-10-30(11-3-1)39-25-36(40-35-15-6-4-9-29(35)21-22-38(40)42-39)32-14-8-13-31(23-32)27-17-19-28(20-18-27)34-24-33-12-5-7-16-37(33)41-26-34/h1-30H;1-28H;1-26H. The van der Waals surface area contributed by atoms with Crippen molar-refractivity contribution < 1.29 is 0 Å². The first-order valence-electron chi connectivity index (χ1n) is 47.4. The van der Waals surface area contributed by atoms with Crippen LogP contribution in [0.5, 0.6) is 0 Å². The highest BCUT2D eigenvalue weighted by molar-refractivity contribution is 6.17. The van der Waals surface area contributed by atoms with E-state index in [1.165, 1.54) is 70.9 Å². The molecule has 26 aromatic rings. The van der Waals surface area contributed by atoms with Crippen LogP contribution >= 0.6 is 0 Å². The minimum Gasteiger partial charge on any atom is -0.265 e. The maximum atomic E-state index is 5.14. The summed E-state index contributed by atoms with van der Waals surface area (Å²) in [7, 11) is 0. The molecule has 0 spiro atoms. The van der Waals surface area contributed by atoms with Gasteiger partial charge in [-0.1, -0.05) is 340 Å². The Morgan fingerprint density at radius 2 is 0.444 bits per heavy atom. The summed E-state index contributed by atoms with van der Waals surface area (Å²) in [4.78, 5) is 57.0. The molecule has 12 nitrogen and oxygen atoms in total. The molecule has 26 rings (SSSR count). The highest BCUT2D eigenvalue weighted by Crippen LogP contribution is 2.45. The van der Waals surface area contributed by atoms with Crippen LogP contribution in [0.4, 0.5) is 0 Å². The number of pyridine rings is 9. The van der Waals surface area contributed by atoms with Crippen molar-refractivity contribution in [2.75, 3.05) is 0 Å². The molecule has 0 bridgehead atoms. The lowest BCUT2D eigenvalue weighted by molar-refractivity contribution is 1.07. The second-order valence-corrected chi connectivity index (χ2v) is 35.0. The molecule has 0 aliphatic carbocycles. The molecule has 0 aliphatic rings. The predicted molar refractivity (Wildman–Crippen MR) is 582 cm³/mol. The van der Waals surface area contributed by atoms with Crippen molar-refractivity contribution in [2.45, 2.75) is 0 Å². The molecular formula is C130H84N12. The second-order valence-electron chi connectivity index (χ2n) is 35.0. The molecule has 0 amide bonds. The van der Waals surface area contributed by atoms with Crippen LogP contribution in [0.3, 0.4) is 0 Å². The van der Waals surface area contributed by atoms with E-state index in [9.17, 15) is 0 Å². The van der Waals surface area contributed by atoms with E-state index in [1.54, 1.807) is 37.2 Å². The lowest BCUT2D eigenvalue weighted by Crippen LogP contribution is -2.00. The van der Waals surface area contributed by atoms with Gasteiger partial charge in [0.2, 0.25) is 0 Å². The highest BCUT2D eigenvalue weighted by Gasteiger charge is 2.22. The Balaban J connectivity index is 0.000000116. The molecule has 0 aliphatic heterocycles. The van der Waals surface area contributed by atoms with E-state index in [0.29, 0.717) is 17.5 Å². The monoisotopic (exact) mass is 1810 g/mol. The number of benzene rings is 16. The van der Waals surface area contributed by atoms with E-state index in [0.717, 1.165) is 167 Å². The predicted octanol–water partition coefficient (Wildman–Crippen LogP) is 32.5. The molecule has 16 aromatic carbocycles. The summed E-state index contributed by atoms with van der Waals surface area (Å²) >= 11 is 0. The fourth-order valence-electron chi connectivity index (χ4n) is 19.1. The molecule has 0 radical (unpaired) electrons. The van der Waals surface area contributed by atoms with Gasteiger partial charge in [-0.05, 0) is 243 Å². The van der Waals surface area contributed by atoms with Crippen LogP contribution in [0.1, 0.15) is 0 Å². The summed E-state index contributed by atoms with van der Waals surface area (Å²) in [6.07, 6.45) is 12.5. The Labute approximate surface area is 820 Å². The Bertz CT molecular complexity index is 8680. The smallest absolute Gasteiger partial charge is 0.164 e. The first-order chi connectivity index (χ1) is 70.3. The van der Waals surface area contributed by atoms with E-state index in [4.69, 9.17) is 34.9 Å². The summed E-state index contributed by atoms with van der Waals surface area (Å²) in [6.45, 7) is 0. The lowest BCUT2D eigenvalue weighted by atomic mass is 9.92. The summed E-state index contributed by atoms with van der Waals surface area (Å²) in [6, 6.07) is 163. The number of nitrogens with zero attached hydrogens (tertiary/aromatic N) is 12. The van der Waals surface area contributed by atoms with Gasteiger partial charge in [0, 0.05) is 104 Å². The molecule has 0 atom stereocenters. The third-order valence-electron chi connectivity index (χ3n) is 26.2. The topological polar surface area (TPSA) is 155 Å². The molecule has 664 valence electrons. The minimum atomic E-state index is 0.591. The van der Waals surface area contributed by atoms with E-state index in [-0.39, 0.29) is 0 Å². The molecule has 10 aromatic heterocycles. The molecule has 0 saturated heterocycles. The molecule has 0 unspecified atom stereocenters. The third kappa shape index (κ3) is 17.7. The Kier molecular flexibility index (Phi) is 23.2. The van der Waals surface area contributed by atoms with Gasteiger partial charge < -0.3 is 0 Å². The number of fused-ring (bicyclic) bond motifs is 10. The van der Waals surface area contributed by atoms with Crippen molar-refractivity contribution >= 4 is 75.9 Å². The quantitative estimate of drug-likeness (QED) is 0.0846. The van der Waals surface area contributed by atoms with Crippen LogP contribution in [0, 0.1) is 0 Å². The summed E-state index contributed by atoms with van der Waals surface area (Å²) < 4.78 is 0. The average molecular weight is 1810 g/mol. The van der Waals surface area contributed by atoms with Gasteiger partial charge in [-0.25, -0.2) is 34.9 Å². The SMILES string of the molecule is c1ccc(-c2cc(-c3cccc(-c4ccc(-c5cc(-c6ccccn6)nc(-c6ccccn6)c5)cc4)c3)c3c(ccc4ccccc43)n2)cc1.c1ccc(-c2cc(-c3cccc(-c4ccc(-c5cnc6ccccc6c5)cc4)c3)c3c(ccc4ccccc43)n2)cc1.c1ccc(-c2cc(-c3cccc(-c4ccc(-c5nc(-c6ccncc6)nc(-c6ccncc6)n5)cc4)c3)c3c(ccc4ccccc43)n2)cc1. The number of hydrogen-bond acceptors (Lipinski definition) is 12. The van der Waals surface area contributed by atoms with Gasteiger partial charge in [0.1, 0.15) is 0 Å². The molecular weight excluding hydrogens is 1730 g/mol. The summed E-state index contributed by atoms with van der Waals surface area (Å²) in [5.41, 5.74) is 34.4. The molecule has 12 heteroatoms. The zero-order valence-corrected chi connectivity index (χ0v) is 76.9. The van der Waals surface area contributed by atoms with Crippen LogP contribution in [0.15, 0.2) is 510 Å². The number of aromatic nitrogens is 12. The fraction of sp³-hybridized carbons (Fsp3) is 0. The third-order valence-corrected chi connectivity index (χ3v) is 26.2. The minimum absolute atomic E-state index is 0.591. The van der Waals surface area contributed by atoms with Crippen molar-refractivity contribution in [1.82, 2.24) is 59.8 Å². The zero-order chi connectivity index (χ0) is 94.4. The first-order valence-corrected chi connectivity index (χ1v) is 47.4. The molecule has 0 saturated carbocycles. The van der Waals surface area contributed by atoms with E-state index in [2.05, 4.69) is 401 Å². The molecule has 142 heavy (non-hydrogen) atoms. The fourth-order valence-corrected chi connectivity index (χ4v) is 19.1. The van der Waals surface area contributed by atoms with Gasteiger partial charge in [0.25, 0.3) is 0 Å². The van der Waals surface area contributed by atoms with E-state index < -0.39 is 0 Å². The van der Waals surface area contributed by atoms with Gasteiger partial charge in [-0.15, -0.1) is 0 Å². The first kappa shape index (κ1) is 85.6. The van der Waals surface area contributed by atoms with Crippen molar-refractivity contribution in [2.24, 2.45) is 0 Å². The van der Waals surface area contributed by atoms with Crippen LogP contribution in [0.2, 0.25) is 0 Å². The molecule has 0 fully saturated rings. The van der Waals surface area contributed by atoms with Crippen LogP contribution in [-0.2, 0) is 0 Å². The largest absolute Gasteiger partial charge is 0.265 e. The van der Waals surface area contributed by atoms with Gasteiger partial charge >= 0.3 is 0 Å². The van der Waals surface area contributed by atoms with E-state index in [1.807, 2.05) is 97.2 Å². The lowest BCUT2D eigenvalue weighted by Gasteiger charge is -2.14. The van der Waals surface area contributed by atoms with Crippen LogP contribution in [-0.4, -0.2) is 59.8 Å². The average Bonchev–Trinajstić information content (AvgIpc) is 0.756. The highest BCUT2D eigenvalue weighted by atomic mass is 15.0. The Morgan fingerprint density at radius 1 is 0.134 bits per heavy atom. The van der Waals surface area contributed by atoms with E-state index >= 15 is 0 Å². The van der Waals surface area contributed by atoms with Gasteiger partial charge in [-0.3, -0.25) is 24.9 Å².